The van der Waals surface area contributed by atoms with Crippen molar-refractivity contribution in [3.05, 3.63) is 29.8 Å². The molecule has 1 rings (SSSR count). The van der Waals surface area contributed by atoms with E-state index in [1.54, 1.807) is 6.07 Å². The fourth-order valence-electron chi connectivity index (χ4n) is 1.43. The summed E-state index contributed by atoms with van der Waals surface area (Å²) in [7, 11) is 0. The third kappa shape index (κ3) is 5.68. The van der Waals surface area contributed by atoms with Gasteiger partial charge in [0.2, 0.25) is 0 Å². The number of esters is 1. The molecule has 4 nitrogen and oxygen atoms in total. The molecule has 0 atom stereocenters. The normalized spacial score (nSPS) is 10.1. The second kappa shape index (κ2) is 8.53. The number of hydrogen-bond acceptors (Lipinski definition) is 4. The predicted octanol–water partition coefficient (Wildman–Crippen LogP) is 2.29. The zero-order chi connectivity index (χ0) is 13.2. The molecule has 0 radical (unpaired) electrons. The lowest BCUT2D eigenvalue weighted by Gasteiger charge is -2.07. The second-order valence-electron chi connectivity index (χ2n) is 3.98. The van der Waals surface area contributed by atoms with E-state index < -0.39 is 0 Å². The first-order valence-corrected chi connectivity index (χ1v) is 6.24. The summed E-state index contributed by atoms with van der Waals surface area (Å²) in [5.74, 6) is 0.535. The zero-order valence-corrected chi connectivity index (χ0v) is 10.7. The lowest BCUT2D eigenvalue weighted by molar-refractivity contribution is -0.143. The van der Waals surface area contributed by atoms with Crippen LogP contribution in [0, 0.1) is 0 Å². The minimum atomic E-state index is -0.176. The van der Waals surface area contributed by atoms with Crippen LogP contribution in [0.2, 0.25) is 0 Å². The van der Waals surface area contributed by atoms with E-state index in [1.807, 2.05) is 25.1 Å². The Morgan fingerprint density at radius 1 is 1.33 bits per heavy atom. The Morgan fingerprint density at radius 2 is 2.17 bits per heavy atom. The highest BCUT2D eigenvalue weighted by Crippen LogP contribution is 2.13. The molecular weight excluding hydrogens is 232 g/mol. The van der Waals surface area contributed by atoms with Gasteiger partial charge in [0.1, 0.15) is 5.75 Å². The van der Waals surface area contributed by atoms with Crippen molar-refractivity contribution in [2.75, 3.05) is 13.2 Å². The summed E-state index contributed by atoms with van der Waals surface area (Å²) < 4.78 is 10.4. The summed E-state index contributed by atoms with van der Waals surface area (Å²) in [5, 5.41) is 8.97. The Labute approximate surface area is 108 Å². The van der Waals surface area contributed by atoms with Crippen LogP contribution in [0.5, 0.6) is 5.75 Å². The Morgan fingerprint density at radius 3 is 2.89 bits per heavy atom. The van der Waals surface area contributed by atoms with Crippen molar-refractivity contribution in [1.82, 2.24) is 0 Å². The number of hydrogen-bond donors (Lipinski definition) is 1. The minimum absolute atomic E-state index is 0.000539. The van der Waals surface area contributed by atoms with Gasteiger partial charge in [0, 0.05) is 6.42 Å². The lowest BCUT2D eigenvalue weighted by Crippen LogP contribution is -2.07. The maximum Gasteiger partial charge on any atom is 0.305 e. The Bertz CT molecular complexity index is 363. The van der Waals surface area contributed by atoms with Gasteiger partial charge in [-0.2, -0.15) is 0 Å². The van der Waals surface area contributed by atoms with Gasteiger partial charge in [-0.1, -0.05) is 19.1 Å². The largest absolute Gasteiger partial charge is 0.494 e. The summed E-state index contributed by atoms with van der Waals surface area (Å²) in [4.78, 5) is 11.2. The van der Waals surface area contributed by atoms with Crippen molar-refractivity contribution in [2.45, 2.75) is 32.8 Å². The third-order valence-electron chi connectivity index (χ3n) is 2.34. The molecule has 1 N–H and O–H groups in total. The first kappa shape index (κ1) is 14.5. The van der Waals surface area contributed by atoms with Crippen molar-refractivity contribution in [3.63, 3.8) is 0 Å². The fraction of sp³-hybridized carbons (Fsp3) is 0.500. The molecule has 4 heteroatoms. The van der Waals surface area contributed by atoms with Crippen LogP contribution in [0.3, 0.4) is 0 Å². The molecule has 0 fully saturated rings. The quantitative estimate of drug-likeness (QED) is 0.569. The van der Waals surface area contributed by atoms with Crippen molar-refractivity contribution in [3.8, 4) is 5.75 Å². The maximum atomic E-state index is 11.2. The van der Waals surface area contributed by atoms with E-state index in [1.165, 1.54) is 0 Å². The smallest absolute Gasteiger partial charge is 0.305 e. The van der Waals surface area contributed by atoms with Crippen LogP contribution in [0.25, 0.3) is 0 Å². The van der Waals surface area contributed by atoms with Gasteiger partial charge in [-0.15, -0.1) is 0 Å². The molecule has 0 heterocycles. The highest BCUT2D eigenvalue weighted by molar-refractivity contribution is 5.69. The Hall–Kier alpha value is -1.55. The van der Waals surface area contributed by atoms with E-state index in [0.717, 1.165) is 12.0 Å². The molecule has 0 unspecified atom stereocenters. The number of rotatable bonds is 8. The van der Waals surface area contributed by atoms with Gasteiger partial charge < -0.3 is 14.6 Å². The number of aliphatic hydroxyl groups excluding tert-OH is 1. The van der Waals surface area contributed by atoms with E-state index >= 15 is 0 Å². The summed E-state index contributed by atoms with van der Waals surface area (Å²) in [6.45, 7) is 2.92. The van der Waals surface area contributed by atoms with E-state index in [9.17, 15) is 4.79 Å². The molecule has 0 aromatic heterocycles. The van der Waals surface area contributed by atoms with Gasteiger partial charge in [-0.3, -0.25) is 4.79 Å². The van der Waals surface area contributed by atoms with Crippen LogP contribution in [0.15, 0.2) is 24.3 Å². The van der Waals surface area contributed by atoms with Crippen molar-refractivity contribution >= 4 is 5.97 Å². The third-order valence-corrected chi connectivity index (χ3v) is 2.34. The van der Waals surface area contributed by atoms with E-state index in [4.69, 9.17) is 14.6 Å². The molecular formula is C14H20O4. The first-order chi connectivity index (χ1) is 8.76. The molecule has 0 aliphatic heterocycles. The van der Waals surface area contributed by atoms with E-state index in [-0.39, 0.29) is 12.6 Å². The highest BCUT2D eigenvalue weighted by atomic mass is 16.5. The molecule has 0 saturated carbocycles. The average molecular weight is 252 g/mol. The Kier molecular flexibility index (Phi) is 6.87. The maximum absolute atomic E-state index is 11.2. The van der Waals surface area contributed by atoms with Crippen molar-refractivity contribution in [1.29, 1.82) is 0 Å². The van der Waals surface area contributed by atoms with Crippen LogP contribution in [-0.2, 0) is 16.1 Å². The number of benzene rings is 1. The van der Waals surface area contributed by atoms with Gasteiger partial charge in [0.15, 0.2) is 0 Å². The molecule has 0 aliphatic rings. The Balaban J connectivity index is 2.19. The molecule has 1 aromatic carbocycles. The zero-order valence-electron chi connectivity index (χ0n) is 10.7. The molecule has 0 saturated heterocycles. The summed E-state index contributed by atoms with van der Waals surface area (Å²) in [5.41, 5.74) is 0.815. The molecule has 0 aliphatic carbocycles. The van der Waals surface area contributed by atoms with Gasteiger partial charge in [0.25, 0.3) is 0 Å². The van der Waals surface area contributed by atoms with Gasteiger partial charge in [0.05, 0.1) is 19.8 Å². The van der Waals surface area contributed by atoms with E-state index in [0.29, 0.717) is 31.8 Å². The van der Waals surface area contributed by atoms with E-state index in [2.05, 4.69) is 0 Å². The molecule has 1 aromatic rings. The number of carbonyl (C=O) groups excluding carboxylic acids is 1. The summed E-state index contributed by atoms with van der Waals surface area (Å²) in [6.07, 6.45) is 1.85. The number of carbonyl (C=O) groups is 1. The van der Waals surface area contributed by atoms with Crippen LogP contribution in [0.1, 0.15) is 31.7 Å². The molecule has 0 amide bonds. The van der Waals surface area contributed by atoms with Crippen LogP contribution >= 0.6 is 0 Å². The minimum Gasteiger partial charge on any atom is -0.494 e. The number of aliphatic hydroxyl groups is 1. The average Bonchev–Trinajstić information content (AvgIpc) is 2.41. The molecule has 100 valence electrons. The lowest BCUT2D eigenvalue weighted by atomic mass is 10.2. The first-order valence-electron chi connectivity index (χ1n) is 6.24. The number of ether oxygens (including phenoxy) is 2. The molecule has 0 bridgehead atoms. The van der Waals surface area contributed by atoms with Crippen LogP contribution in [0.4, 0.5) is 0 Å². The predicted molar refractivity (Wildman–Crippen MR) is 68.3 cm³/mol. The molecule has 18 heavy (non-hydrogen) atoms. The second-order valence-corrected chi connectivity index (χ2v) is 3.98. The topological polar surface area (TPSA) is 55.8 Å². The standard InChI is InChI=1S/C14H20O4/c1-2-8-18-14(16)7-4-9-17-13-6-3-5-12(10-13)11-15/h3,5-6,10,15H,2,4,7-9,11H2,1H3. The van der Waals surface area contributed by atoms with Gasteiger partial charge >= 0.3 is 5.97 Å². The summed E-state index contributed by atoms with van der Waals surface area (Å²) in [6, 6.07) is 7.27. The van der Waals surface area contributed by atoms with Crippen molar-refractivity contribution in [2.24, 2.45) is 0 Å². The summed E-state index contributed by atoms with van der Waals surface area (Å²) >= 11 is 0. The highest BCUT2D eigenvalue weighted by Gasteiger charge is 2.02. The monoisotopic (exact) mass is 252 g/mol. The molecule has 0 spiro atoms. The SMILES string of the molecule is CCCOC(=O)CCCOc1cccc(CO)c1. The van der Waals surface area contributed by atoms with Gasteiger partial charge in [-0.25, -0.2) is 0 Å². The van der Waals surface area contributed by atoms with Crippen LogP contribution in [-0.4, -0.2) is 24.3 Å². The van der Waals surface area contributed by atoms with Gasteiger partial charge in [-0.05, 0) is 30.5 Å². The van der Waals surface area contributed by atoms with Crippen LogP contribution < -0.4 is 4.74 Å². The fourth-order valence-corrected chi connectivity index (χ4v) is 1.43. The van der Waals surface area contributed by atoms with Crippen molar-refractivity contribution < 1.29 is 19.4 Å².